The van der Waals surface area contributed by atoms with Crippen LogP contribution in [0.2, 0.25) is 0 Å². The highest BCUT2D eigenvalue weighted by Gasteiger charge is 2.54. The van der Waals surface area contributed by atoms with Crippen LogP contribution in [0.1, 0.15) is 11.1 Å². The van der Waals surface area contributed by atoms with Gasteiger partial charge in [-0.15, -0.1) is 11.8 Å². The number of nitrogens with one attached hydrogen (secondary N) is 1. The fourth-order valence-corrected chi connectivity index (χ4v) is 7.35. The Hall–Kier alpha value is -4.41. The number of nitrogens with zero attached hydrogens (tertiary/aromatic N) is 1. The second-order valence-electron chi connectivity index (χ2n) is 9.92. The van der Waals surface area contributed by atoms with Crippen LogP contribution >= 0.6 is 23.5 Å². The number of benzene rings is 3. The molecule has 1 saturated heterocycles. The first-order valence-corrected chi connectivity index (χ1v) is 15.5. The van der Waals surface area contributed by atoms with Gasteiger partial charge in [0.1, 0.15) is 35.2 Å². The van der Waals surface area contributed by atoms with Crippen LogP contribution in [0, 0.1) is 0 Å². The average molecular weight is 613 g/mol. The van der Waals surface area contributed by atoms with Crippen molar-refractivity contribution in [3.8, 4) is 17.1 Å². The molecule has 0 saturated carbocycles. The molecule has 2 atom stereocenters. The summed E-state index contributed by atoms with van der Waals surface area (Å²) in [7, 11) is 1.59. The molecule has 10 heteroatoms. The number of carbonyl (C=O) groups is 3. The van der Waals surface area contributed by atoms with E-state index in [1.165, 1.54) is 28.4 Å². The summed E-state index contributed by atoms with van der Waals surface area (Å²) in [5, 5.41) is 2.47. The van der Waals surface area contributed by atoms with Gasteiger partial charge in [-0.25, -0.2) is 4.79 Å². The highest BCUT2D eigenvalue weighted by atomic mass is 32.2. The van der Waals surface area contributed by atoms with E-state index in [1.807, 2.05) is 78.9 Å². The second kappa shape index (κ2) is 12.8. The molecule has 3 aromatic carbocycles. The van der Waals surface area contributed by atoms with Crippen molar-refractivity contribution < 1.29 is 28.3 Å². The van der Waals surface area contributed by atoms with Crippen molar-refractivity contribution in [2.45, 2.75) is 29.3 Å². The molecule has 4 aromatic rings. The molecule has 0 bridgehead atoms. The molecule has 1 aromatic heterocycles. The van der Waals surface area contributed by atoms with Crippen LogP contribution in [0.15, 0.2) is 117 Å². The first kappa shape index (κ1) is 28.7. The van der Waals surface area contributed by atoms with Gasteiger partial charge < -0.3 is 19.2 Å². The number of thioether (sulfide) groups is 2. The fraction of sp³-hybridized carbons (Fsp3) is 0.182. The average Bonchev–Trinajstić information content (AvgIpc) is 3.59. The number of rotatable bonds is 10. The standard InChI is InChI=1S/C33H28N2O6S2/c1-39-24-13-9-22(10-14-24)19-41-33(38)30-27(43-25-15-11-23(12-16-25)26-8-5-17-40-26)20-42-32-29(31(37)35(30)32)34-28(36)18-21-6-3-2-4-7-21/h2-17,29,32H,18-20H2,1H3,(H,34,36)/t29-,32+/m1/s1. The number of furan rings is 1. The van der Waals surface area contributed by atoms with Gasteiger partial charge in [0.15, 0.2) is 0 Å². The Balaban J connectivity index is 1.21. The number of ether oxygens (including phenoxy) is 2. The summed E-state index contributed by atoms with van der Waals surface area (Å²) in [6.45, 7) is 0.0409. The van der Waals surface area contributed by atoms with Gasteiger partial charge in [-0.1, -0.05) is 66.4 Å². The van der Waals surface area contributed by atoms with E-state index in [9.17, 15) is 14.4 Å². The summed E-state index contributed by atoms with van der Waals surface area (Å²) in [5.41, 5.74) is 2.81. The molecule has 2 aliphatic rings. The van der Waals surface area contributed by atoms with Crippen LogP contribution in [0.3, 0.4) is 0 Å². The number of hydrogen-bond donors (Lipinski definition) is 1. The first-order valence-electron chi connectivity index (χ1n) is 13.6. The molecule has 0 aliphatic carbocycles. The van der Waals surface area contributed by atoms with Gasteiger partial charge in [0.2, 0.25) is 5.91 Å². The third-order valence-electron chi connectivity index (χ3n) is 7.08. The summed E-state index contributed by atoms with van der Waals surface area (Å²) >= 11 is 2.94. The van der Waals surface area contributed by atoms with Crippen LogP contribution in [-0.4, -0.2) is 47.0 Å². The lowest BCUT2D eigenvalue weighted by Gasteiger charge is -2.49. The van der Waals surface area contributed by atoms with E-state index in [0.717, 1.165) is 27.3 Å². The summed E-state index contributed by atoms with van der Waals surface area (Å²) in [4.78, 5) is 42.9. The smallest absolute Gasteiger partial charge is 0.356 e. The molecular weight excluding hydrogens is 585 g/mol. The monoisotopic (exact) mass is 612 g/mol. The largest absolute Gasteiger partial charge is 0.497 e. The van der Waals surface area contributed by atoms with Crippen molar-refractivity contribution in [3.63, 3.8) is 0 Å². The van der Waals surface area contributed by atoms with Crippen molar-refractivity contribution in [2.24, 2.45) is 0 Å². The number of esters is 1. The molecular formula is C33H28N2O6S2. The number of amides is 2. The molecule has 0 radical (unpaired) electrons. The maximum atomic E-state index is 13.6. The molecule has 0 unspecified atom stereocenters. The zero-order valence-corrected chi connectivity index (χ0v) is 24.9. The SMILES string of the molecule is COc1ccc(COC(=O)C2=C(Sc3ccc(-c4ccco4)cc3)CS[C@H]3[C@H](NC(=O)Cc4ccccc4)C(=O)N23)cc1. The molecule has 2 amide bonds. The van der Waals surface area contributed by atoms with Gasteiger partial charge >= 0.3 is 5.97 Å². The maximum absolute atomic E-state index is 13.6. The van der Waals surface area contributed by atoms with Gasteiger partial charge in [0.05, 0.1) is 19.8 Å². The van der Waals surface area contributed by atoms with Gasteiger partial charge in [-0.05, 0) is 47.5 Å². The van der Waals surface area contributed by atoms with Crippen molar-refractivity contribution in [1.82, 2.24) is 10.2 Å². The van der Waals surface area contributed by atoms with Crippen molar-refractivity contribution >= 4 is 41.3 Å². The minimum absolute atomic E-state index is 0.0409. The topological polar surface area (TPSA) is 98.1 Å². The number of carbonyl (C=O) groups excluding carboxylic acids is 3. The van der Waals surface area contributed by atoms with Crippen LogP contribution in [0.4, 0.5) is 0 Å². The van der Waals surface area contributed by atoms with E-state index in [1.54, 1.807) is 25.5 Å². The fourth-order valence-electron chi connectivity index (χ4n) is 4.88. The van der Waals surface area contributed by atoms with E-state index in [2.05, 4.69) is 5.32 Å². The van der Waals surface area contributed by atoms with Gasteiger partial charge in [0, 0.05) is 21.1 Å². The predicted octanol–water partition coefficient (Wildman–Crippen LogP) is 5.64. The Morgan fingerprint density at radius 1 is 0.977 bits per heavy atom. The number of hydrogen-bond acceptors (Lipinski definition) is 8. The highest BCUT2D eigenvalue weighted by Crippen LogP contribution is 2.45. The van der Waals surface area contributed by atoms with Crippen LogP contribution < -0.4 is 10.1 Å². The van der Waals surface area contributed by atoms with Crippen molar-refractivity contribution in [3.05, 3.63) is 119 Å². The normalized spacial score (nSPS) is 17.6. The van der Waals surface area contributed by atoms with E-state index in [4.69, 9.17) is 13.9 Å². The van der Waals surface area contributed by atoms with Gasteiger partial charge in [0.25, 0.3) is 5.91 Å². The lowest BCUT2D eigenvalue weighted by molar-refractivity contribution is -0.153. The Morgan fingerprint density at radius 3 is 2.44 bits per heavy atom. The third kappa shape index (κ3) is 6.35. The Bertz CT molecular complexity index is 1640. The summed E-state index contributed by atoms with van der Waals surface area (Å²) in [5.74, 6) is 0.792. The van der Waals surface area contributed by atoms with Crippen LogP contribution in [0.5, 0.6) is 5.75 Å². The van der Waals surface area contributed by atoms with Gasteiger partial charge in [-0.2, -0.15) is 0 Å². The van der Waals surface area contributed by atoms with Crippen LogP contribution in [0.25, 0.3) is 11.3 Å². The summed E-state index contributed by atoms with van der Waals surface area (Å²) in [6, 6.07) is 27.4. The highest BCUT2D eigenvalue weighted by molar-refractivity contribution is 8.06. The Morgan fingerprint density at radius 2 is 1.74 bits per heavy atom. The molecule has 8 nitrogen and oxygen atoms in total. The summed E-state index contributed by atoms with van der Waals surface area (Å²) in [6.07, 6.45) is 1.80. The molecule has 0 spiro atoms. The van der Waals surface area contributed by atoms with E-state index in [0.29, 0.717) is 16.4 Å². The Kier molecular flexibility index (Phi) is 8.57. The van der Waals surface area contributed by atoms with E-state index in [-0.39, 0.29) is 30.5 Å². The van der Waals surface area contributed by atoms with Crippen LogP contribution in [-0.2, 0) is 32.1 Å². The molecule has 6 rings (SSSR count). The third-order valence-corrected chi connectivity index (χ3v) is 9.64. The minimum Gasteiger partial charge on any atom is -0.497 e. The van der Waals surface area contributed by atoms with E-state index < -0.39 is 17.4 Å². The molecule has 43 heavy (non-hydrogen) atoms. The first-order chi connectivity index (χ1) is 21.0. The maximum Gasteiger partial charge on any atom is 0.356 e. The van der Waals surface area contributed by atoms with Gasteiger partial charge in [-0.3, -0.25) is 14.5 Å². The predicted molar refractivity (Wildman–Crippen MR) is 165 cm³/mol. The summed E-state index contributed by atoms with van der Waals surface area (Å²) < 4.78 is 16.4. The molecule has 2 aliphatic heterocycles. The number of β-lactam (4-membered cyclic amide) rings is 1. The Labute approximate surface area is 257 Å². The van der Waals surface area contributed by atoms with Crippen molar-refractivity contribution in [1.29, 1.82) is 0 Å². The number of methoxy groups -OCH3 is 1. The zero-order valence-electron chi connectivity index (χ0n) is 23.2. The van der Waals surface area contributed by atoms with Crippen molar-refractivity contribution in [2.75, 3.05) is 12.9 Å². The van der Waals surface area contributed by atoms with E-state index >= 15 is 0 Å². The molecule has 3 heterocycles. The second-order valence-corrected chi connectivity index (χ2v) is 12.2. The lowest BCUT2D eigenvalue weighted by Crippen LogP contribution is -2.70. The lowest BCUT2D eigenvalue weighted by atomic mass is 10.0. The molecule has 1 fully saturated rings. The zero-order chi connectivity index (χ0) is 29.8. The quantitative estimate of drug-likeness (QED) is 0.181. The minimum atomic E-state index is -0.718. The molecule has 218 valence electrons. The number of fused-ring (bicyclic) bond motifs is 1. The molecule has 1 N–H and O–H groups in total.